The molecule has 0 aliphatic rings. The number of amides is 1. The van der Waals surface area contributed by atoms with Crippen LogP contribution in [0, 0.1) is 0 Å². The minimum atomic E-state index is -3.46. The molecule has 7 heteroatoms. The number of rotatable bonds is 8. The van der Waals surface area contributed by atoms with Crippen LogP contribution in [0.5, 0.6) is 0 Å². The van der Waals surface area contributed by atoms with Gasteiger partial charge in [-0.25, -0.2) is 13.6 Å². The van der Waals surface area contributed by atoms with E-state index in [4.69, 9.17) is 10.9 Å². The van der Waals surface area contributed by atoms with Crippen LogP contribution in [0.1, 0.15) is 30.9 Å². The summed E-state index contributed by atoms with van der Waals surface area (Å²) in [6.45, 7) is 0.301. The van der Waals surface area contributed by atoms with Crippen LogP contribution >= 0.6 is 0 Å². The molecule has 0 fully saturated rings. The Morgan fingerprint density at radius 2 is 1.90 bits per heavy atom. The molecule has 1 aromatic carbocycles. The molecule has 0 aliphatic heterocycles. The molecule has 1 aromatic rings. The molecule has 0 radical (unpaired) electrons. The Bertz CT molecular complexity index is 517. The number of hydrogen-bond donors (Lipinski definition) is 3. The summed E-state index contributed by atoms with van der Waals surface area (Å²) >= 11 is 0. The minimum absolute atomic E-state index is 0.128. The third-order valence-corrected chi connectivity index (χ3v) is 3.70. The second kappa shape index (κ2) is 7.98. The highest BCUT2D eigenvalue weighted by atomic mass is 32.2. The van der Waals surface area contributed by atoms with Crippen LogP contribution in [-0.2, 0) is 14.8 Å². The van der Waals surface area contributed by atoms with Crippen molar-refractivity contribution in [2.24, 2.45) is 10.9 Å². The van der Waals surface area contributed by atoms with Gasteiger partial charge < -0.3 is 11.1 Å². The highest BCUT2D eigenvalue weighted by Crippen LogP contribution is 2.14. The van der Waals surface area contributed by atoms with Gasteiger partial charge in [0.2, 0.25) is 15.9 Å². The number of benzene rings is 1. The molecule has 1 rings (SSSR count). The summed E-state index contributed by atoms with van der Waals surface area (Å²) < 4.78 is 21.4. The number of nitrogens with two attached hydrogens (primary N) is 2. The fourth-order valence-electron chi connectivity index (χ4n) is 1.74. The average Bonchev–Trinajstić information content (AvgIpc) is 2.41. The third-order valence-electron chi connectivity index (χ3n) is 2.84. The second-order valence-corrected chi connectivity index (χ2v) is 6.36. The van der Waals surface area contributed by atoms with Crippen LogP contribution in [0.2, 0.25) is 0 Å². The van der Waals surface area contributed by atoms with Gasteiger partial charge in [-0.15, -0.1) is 0 Å². The van der Waals surface area contributed by atoms with Crippen molar-refractivity contribution in [3.8, 4) is 0 Å². The van der Waals surface area contributed by atoms with Crippen molar-refractivity contribution in [1.82, 2.24) is 5.32 Å². The van der Waals surface area contributed by atoms with E-state index in [9.17, 15) is 13.2 Å². The molecule has 0 aromatic heterocycles. The monoisotopic (exact) mass is 299 g/mol. The number of sulfonamides is 1. The van der Waals surface area contributed by atoms with Crippen LogP contribution in [0.4, 0.5) is 0 Å². The minimum Gasteiger partial charge on any atom is -0.356 e. The Labute approximate surface area is 119 Å². The van der Waals surface area contributed by atoms with Gasteiger partial charge in [0, 0.05) is 19.0 Å². The summed E-state index contributed by atoms with van der Waals surface area (Å²) in [5.74, 6) is -0.262. The maximum Gasteiger partial charge on any atom is 0.220 e. The first kappa shape index (κ1) is 16.6. The molecular weight excluding hydrogens is 278 g/mol. The maximum absolute atomic E-state index is 11.6. The maximum atomic E-state index is 11.6. The highest BCUT2D eigenvalue weighted by Gasteiger charge is 2.09. The fraction of sp³-hybridized carbons (Fsp3) is 0.462. The van der Waals surface area contributed by atoms with E-state index in [1.807, 2.05) is 30.3 Å². The van der Waals surface area contributed by atoms with Crippen LogP contribution in [-0.4, -0.2) is 26.6 Å². The molecule has 0 saturated heterocycles. The number of primary sulfonamides is 1. The standard InChI is InChI=1S/C13H21N3O3S/c14-12(11-5-2-1-3-6-11)7-8-13(17)16-9-4-10-20(15,18)19/h1-3,5-6,12H,4,7-10,14H2,(H,16,17)(H2,15,18,19). The van der Waals surface area contributed by atoms with Crippen molar-refractivity contribution in [3.05, 3.63) is 35.9 Å². The molecule has 20 heavy (non-hydrogen) atoms. The fourth-order valence-corrected chi connectivity index (χ4v) is 2.29. The molecule has 112 valence electrons. The van der Waals surface area contributed by atoms with Crippen LogP contribution in [0.15, 0.2) is 30.3 Å². The molecule has 0 spiro atoms. The van der Waals surface area contributed by atoms with E-state index in [1.54, 1.807) is 0 Å². The second-order valence-electron chi connectivity index (χ2n) is 4.63. The summed E-state index contributed by atoms with van der Waals surface area (Å²) in [5, 5.41) is 7.51. The smallest absolute Gasteiger partial charge is 0.220 e. The predicted octanol–water partition coefficient (Wildman–Crippen LogP) is 0.261. The number of hydrogen-bond acceptors (Lipinski definition) is 4. The summed E-state index contributed by atoms with van der Waals surface area (Å²) in [6.07, 6.45) is 1.17. The van der Waals surface area contributed by atoms with E-state index >= 15 is 0 Å². The average molecular weight is 299 g/mol. The van der Waals surface area contributed by atoms with Crippen molar-refractivity contribution < 1.29 is 13.2 Å². The lowest BCUT2D eigenvalue weighted by atomic mass is 10.0. The predicted molar refractivity (Wildman–Crippen MR) is 78.2 cm³/mol. The lowest BCUT2D eigenvalue weighted by Crippen LogP contribution is -2.27. The summed E-state index contributed by atoms with van der Waals surface area (Å²) in [4.78, 5) is 11.6. The molecule has 1 amide bonds. The van der Waals surface area contributed by atoms with E-state index in [0.717, 1.165) is 5.56 Å². The van der Waals surface area contributed by atoms with Gasteiger partial charge in [0.1, 0.15) is 0 Å². The summed E-state index contributed by atoms with van der Waals surface area (Å²) in [5.41, 5.74) is 6.97. The lowest BCUT2D eigenvalue weighted by Gasteiger charge is -2.11. The molecule has 5 N–H and O–H groups in total. The molecule has 6 nitrogen and oxygen atoms in total. The van der Waals surface area contributed by atoms with Gasteiger partial charge in [-0.05, 0) is 18.4 Å². The van der Waals surface area contributed by atoms with Crippen molar-refractivity contribution >= 4 is 15.9 Å². The van der Waals surface area contributed by atoms with Crippen molar-refractivity contribution in [2.45, 2.75) is 25.3 Å². The van der Waals surface area contributed by atoms with E-state index in [0.29, 0.717) is 25.8 Å². The van der Waals surface area contributed by atoms with E-state index < -0.39 is 10.0 Å². The largest absolute Gasteiger partial charge is 0.356 e. The Balaban J connectivity index is 2.20. The zero-order chi connectivity index (χ0) is 15.0. The van der Waals surface area contributed by atoms with Crippen LogP contribution < -0.4 is 16.2 Å². The van der Waals surface area contributed by atoms with Gasteiger partial charge in [-0.1, -0.05) is 30.3 Å². The van der Waals surface area contributed by atoms with Gasteiger partial charge in [0.05, 0.1) is 5.75 Å². The number of nitrogens with one attached hydrogen (secondary N) is 1. The van der Waals surface area contributed by atoms with Gasteiger partial charge in [-0.3, -0.25) is 4.79 Å². The quantitative estimate of drug-likeness (QED) is 0.597. The highest BCUT2D eigenvalue weighted by molar-refractivity contribution is 7.89. The molecule has 0 heterocycles. The first-order chi connectivity index (χ1) is 9.38. The zero-order valence-corrected chi connectivity index (χ0v) is 12.1. The molecule has 0 bridgehead atoms. The topological polar surface area (TPSA) is 115 Å². The molecule has 1 unspecified atom stereocenters. The molecule has 0 saturated carbocycles. The molecule has 1 atom stereocenters. The number of carbonyl (C=O) groups excluding carboxylic acids is 1. The van der Waals surface area contributed by atoms with Gasteiger partial charge in [-0.2, -0.15) is 0 Å². The van der Waals surface area contributed by atoms with Crippen molar-refractivity contribution in [3.63, 3.8) is 0 Å². The lowest BCUT2D eigenvalue weighted by molar-refractivity contribution is -0.121. The van der Waals surface area contributed by atoms with E-state index in [2.05, 4.69) is 5.32 Å². The van der Waals surface area contributed by atoms with Crippen LogP contribution in [0.25, 0.3) is 0 Å². The van der Waals surface area contributed by atoms with Crippen molar-refractivity contribution in [2.75, 3.05) is 12.3 Å². The molecule has 0 aliphatic carbocycles. The van der Waals surface area contributed by atoms with Gasteiger partial charge >= 0.3 is 0 Å². The number of carbonyl (C=O) groups is 1. The Hall–Kier alpha value is -1.44. The Kier molecular flexibility index (Phi) is 6.63. The van der Waals surface area contributed by atoms with Gasteiger partial charge in [0.15, 0.2) is 0 Å². The Morgan fingerprint density at radius 1 is 1.25 bits per heavy atom. The first-order valence-corrected chi connectivity index (χ1v) is 8.18. The Morgan fingerprint density at radius 3 is 2.50 bits per heavy atom. The van der Waals surface area contributed by atoms with Gasteiger partial charge in [0.25, 0.3) is 0 Å². The van der Waals surface area contributed by atoms with Crippen LogP contribution in [0.3, 0.4) is 0 Å². The molecular formula is C13H21N3O3S. The van der Waals surface area contributed by atoms with Crippen molar-refractivity contribution in [1.29, 1.82) is 0 Å². The van der Waals surface area contributed by atoms with E-state index in [-0.39, 0.29) is 17.7 Å². The first-order valence-electron chi connectivity index (χ1n) is 6.46. The SMILES string of the molecule is NC(CCC(=O)NCCCS(N)(=O)=O)c1ccccc1. The summed E-state index contributed by atoms with van der Waals surface area (Å²) in [6, 6.07) is 9.40. The zero-order valence-electron chi connectivity index (χ0n) is 11.3. The third kappa shape index (κ3) is 7.22. The normalized spacial score (nSPS) is 12.9. The van der Waals surface area contributed by atoms with E-state index in [1.165, 1.54) is 0 Å². The summed E-state index contributed by atoms with van der Waals surface area (Å²) in [7, 11) is -3.46.